The number of anilines is 1. The smallest absolute Gasteiger partial charge is 0.339 e. The number of amides is 2. The number of thioether (sulfide) groups is 1. The molecule has 0 aliphatic carbocycles. The minimum atomic E-state index is -0.984. The molecule has 1 N–H and O–H groups in total. The van der Waals surface area contributed by atoms with Gasteiger partial charge in [0.1, 0.15) is 0 Å². The monoisotopic (exact) mass is 410 g/mol. The summed E-state index contributed by atoms with van der Waals surface area (Å²) in [5.74, 6) is -0.518. The minimum absolute atomic E-state index is 0.101. The Hall–Kier alpha value is -2.80. The summed E-state index contributed by atoms with van der Waals surface area (Å²) in [5.41, 5.74) is 1.55. The fourth-order valence-corrected chi connectivity index (χ4v) is 4.34. The number of benzene rings is 2. The lowest BCUT2D eigenvalue weighted by atomic mass is 10.1. The van der Waals surface area contributed by atoms with Crippen LogP contribution in [0.5, 0.6) is 0 Å². The summed E-state index contributed by atoms with van der Waals surface area (Å²) in [6.07, 6.45) is 2.05. The highest BCUT2D eigenvalue weighted by molar-refractivity contribution is 8.00. The molecule has 1 atom stereocenters. The van der Waals surface area contributed by atoms with Crippen molar-refractivity contribution in [1.82, 2.24) is 4.90 Å². The molecule has 150 valence electrons. The Kier molecular flexibility index (Phi) is 5.85. The van der Waals surface area contributed by atoms with Gasteiger partial charge in [-0.2, -0.15) is 0 Å². The first kappa shape index (κ1) is 19.5. The third-order valence-corrected chi connectivity index (χ3v) is 6.14. The molecule has 0 aromatic heterocycles. The summed E-state index contributed by atoms with van der Waals surface area (Å²) in [6.45, 7) is 1.36. The summed E-state index contributed by atoms with van der Waals surface area (Å²) < 4.78 is 5.71. The molecule has 2 aromatic carbocycles. The second kappa shape index (κ2) is 8.69. The third kappa shape index (κ3) is 4.45. The standard InChI is InChI=1S/C22H22N2O4S/c25-19-14-29-18-10-9-16(13-17(18)23-19)22(27)28-20(15-7-3-1-4-8-15)21(26)24-11-5-2-6-12-24/h1,3-4,7-10,13,20H,2,5-6,11-12,14H2,(H,23,25). The molecule has 2 amide bonds. The summed E-state index contributed by atoms with van der Waals surface area (Å²) >= 11 is 1.43. The van der Waals surface area contributed by atoms with Crippen molar-refractivity contribution in [2.24, 2.45) is 0 Å². The van der Waals surface area contributed by atoms with Crippen LogP contribution in [0, 0.1) is 0 Å². The van der Waals surface area contributed by atoms with Crippen LogP contribution < -0.4 is 5.32 Å². The van der Waals surface area contributed by atoms with Crippen molar-refractivity contribution in [2.45, 2.75) is 30.3 Å². The van der Waals surface area contributed by atoms with Crippen molar-refractivity contribution in [3.8, 4) is 0 Å². The molecule has 4 rings (SSSR count). The van der Waals surface area contributed by atoms with Gasteiger partial charge in [0.15, 0.2) is 0 Å². The van der Waals surface area contributed by atoms with E-state index >= 15 is 0 Å². The van der Waals surface area contributed by atoms with Crippen molar-refractivity contribution < 1.29 is 19.1 Å². The predicted molar refractivity (Wildman–Crippen MR) is 111 cm³/mol. The second-order valence-corrected chi connectivity index (χ2v) is 8.15. The molecule has 29 heavy (non-hydrogen) atoms. The van der Waals surface area contributed by atoms with Crippen LogP contribution in [0.15, 0.2) is 53.4 Å². The highest BCUT2D eigenvalue weighted by Gasteiger charge is 2.31. The van der Waals surface area contributed by atoms with Crippen molar-refractivity contribution >= 4 is 35.2 Å². The van der Waals surface area contributed by atoms with Gasteiger partial charge in [-0.3, -0.25) is 9.59 Å². The van der Waals surface area contributed by atoms with Gasteiger partial charge in [-0.1, -0.05) is 30.3 Å². The molecule has 7 heteroatoms. The maximum absolute atomic E-state index is 13.1. The zero-order chi connectivity index (χ0) is 20.2. The van der Waals surface area contributed by atoms with Crippen LogP contribution in [-0.2, 0) is 14.3 Å². The summed E-state index contributed by atoms with van der Waals surface area (Å²) in [7, 11) is 0. The van der Waals surface area contributed by atoms with Crippen LogP contribution in [0.3, 0.4) is 0 Å². The molecule has 2 aromatic rings. The minimum Gasteiger partial charge on any atom is -0.444 e. The summed E-state index contributed by atoms with van der Waals surface area (Å²) in [6, 6.07) is 14.2. The quantitative estimate of drug-likeness (QED) is 0.779. The van der Waals surface area contributed by atoms with Crippen LogP contribution >= 0.6 is 11.8 Å². The van der Waals surface area contributed by atoms with Gasteiger partial charge in [-0.05, 0) is 37.5 Å². The van der Waals surface area contributed by atoms with Gasteiger partial charge in [0, 0.05) is 23.5 Å². The first-order valence-corrected chi connectivity index (χ1v) is 10.7. The van der Waals surface area contributed by atoms with Gasteiger partial charge in [0.25, 0.3) is 5.91 Å². The zero-order valence-electron chi connectivity index (χ0n) is 15.9. The van der Waals surface area contributed by atoms with Gasteiger partial charge in [-0.15, -0.1) is 11.8 Å². The molecule has 0 bridgehead atoms. The van der Waals surface area contributed by atoms with E-state index in [0.29, 0.717) is 35.7 Å². The third-order valence-electron chi connectivity index (χ3n) is 5.07. The molecule has 2 aliphatic rings. The fourth-order valence-electron chi connectivity index (χ4n) is 3.55. The number of hydrogen-bond donors (Lipinski definition) is 1. The van der Waals surface area contributed by atoms with Gasteiger partial charge in [0.2, 0.25) is 12.0 Å². The van der Waals surface area contributed by atoms with Gasteiger partial charge in [0.05, 0.1) is 17.0 Å². The molecule has 6 nitrogen and oxygen atoms in total. The lowest BCUT2D eigenvalue weighted by Crippen LogP contribution is -2.40. The number of fused-ring (bicyclic) bond motifs is 1. The Morgan fingerprint density at radius 1 is 1.03 bits per heavy atom. The van der Waals surface area contributed by atoms with Crippen molar-refractivity contribution in [3.63, 3.8) is 0 Å². The van der Waals surface area contributed by atoms with Crippen LogP contribution in [-0.4, -0.2) is 41.5 Å². The molecule has 0 saturated carbocycles. The van der Waals surface area contributed by atoms with E-state index in [4.69, 9.17) is 4.74 Å². The molecular weight excluding hydrogens is 388 g/mol. The number of nitrogens with one attached hydrogen (secondary N) is 1. The van der Waals surface area contributed by atoms with Gasteiger partial charge < -0.3 is 15.0 Å². The maximum Gasteiger partial charge on any atom is 0.339 e. The molecular formula is C22H22N2O4S. The largest absolute Gasteiger partial charge is 0.444 e. The molecule has 1 fully saturated rings. The first-order valence-electron chi connectivity index (χ1n) is 9.73. The van der Waals surface area contributed by atoms with Crippen molar-refractivity contribution in [1.29, 1.82) is 0 Å². The van der Waals surface area contributed by atoms with Crippen LogP contribution in [0.1, 0.15) is 41.3 Å². The number of ether oxygens (including phenoxy) is 1. The Bertz CT molecular complexity index is 926. The lowest BCUT2D eigenvalue weighted by Gasteiger charge is -2.30. The second-order valence-electron chi connectivity index (χ2n) is 7.13. The van der Waals surface area contributed by atoms with E-state index in [1.807, 2.05) is 18.2 Å². The van der Waals surface area contributed by atoms with Crippen LogP contribution in [0.2, 0.25) is 0 Å². The number of esters is 1. The molecule has 0 spiro atoms. The SMILES string of the molecule is O=C1CSc2ccc(C(=O)OC(C(=O)N3CCCCC3)c3ccccc3)cc2N1. The number of nitrogens with zero attached hydrogens (tertiary/aromatic N) is 1. The normalized spacial score (nSPS) is 17.1. The van der Waals surface area contributed by atoms with E-state index in [1.54, 1.807) is 35.2 Å². The average Bonchev–Trinajstić information content (AvgIpc) is 2.77. The van der Waals surface area contributed by atoms with E-state index < -0.39 is 12.1 Å². The lowest BCUT2D eigenvalue weighted by molar-refractivity contribution is -0.142. The Morgan fingerprint density at radius 2 is 1.79 bits per heavy atom. The predicted octanol–water partition coefficient (Wildman–Crippen LogP) is 3.64. The fraction of sp³-hybridized carbons (Fsp3) is 0.318. The van der Waals surface area contributed by atoms with Gasteiger partial charge in [-0.25, -0.2) is 4.79 Å². The van der Waals surface area contributed by atoms with E-state index in [0.717, 1.165) is 24.2 Å². The number of rotatable bonds is 4. The Morgan fingerprint density at radius 3 is 2.55 bits per heavy atom. The summed E-state index contributed by atoms with van der Waals surface area (Å²) in [5, 5.41) is 2.77. The molecule has 2 heterocycles. The van der Waals surface area contributed by atoms with E-state index in [2.05, 4.69) is 5.32 Å². The topological polar surface area (TPSA) is 75.7 Å². The average molecular weight is 410 g/mol. The summed E-state index contributed by atoms with van der Waals surface area (Å²) in [4.78, 5) is 40.3. The molecule has 2 aliphatic heterocycles. The maximum atomic E-state index is 13.1. The number of likely N-dealkylation sites (tertiary alicyclic amines) is 1. The molecule has 0 radical (unpaired) electrons. The highest BCUT2D eigenvalue weighted by Crippen LogP contribution is 2.33. The van der Waals surface area contributed by atoms with Gasteiger partial charge >= 0.3 is 5.97 Å². The Labute approximate surface area is 173 Å². The number of hydrogen-bond acceptors (Lipinski definition) is 5. The number of carbonyl (C=O) groups excluding carboxylic acids is 3. The van der Waals surface area contributed by atoms with E-state index in [9.17, 15) is 14.4 Å². The van der Waals surface area contributed by atoms with Crippen LogP contribution in [0.4, 0.5) is 5.69 Å². The van der Waals surface area contributed by atoms with Crippen LogP contribution in [0.25, 0.3) is 0 Å². The number of piperidine rings is 1. The van der Waals surface area contributed by atoms with E-state index in [-0.39, 0.29) is 11.8 Å². The highest BCUT2D eigenvalue weighted by atomic mass is 32.2. The first-order chi connectivity index (χ1) is 14.1. The van der Waals surface area contributed by atoms with Crippen molar-refractivity contribution in [3.05, 3.63) is 59.7 Å². The Balaban J connectivity index is 1.57. The molecule has 1 unspecified atom stereocenters. The molecule has 1 saturated heterocycles. The zero-order valence-corrected chi connectivity index (χ0v) is 16.7. The van der Waals surface area contributed by atoms with E-state index in [1.165, 1.54) is 11.8 Å². The number of carbonyl (C=O) groups is 3. The van der Waals surface area contributed by atoms with Crippen molar-refractivity contribution in [2.75, 3.05) is 24.2 Å².